The predicted octanol–water partition coefficient (Wildman–Crippen LogP) is 2.06. The molecular formula is C15H23N3O2. The van der Waals surface area contributed by atoms with Crippen molar-refractivity contribution in [2.45, 2.75) is 39.3 Å². The van der Waals surface area contributed by atoms with Gasteiger partial charge in [-0.2, -0.15) is 0 Å². The molecule has 20 heavy (non-hydrogen) atoms. The summed E-state index contributed by atoms with van der Waals surface area (Å²) in [7, 11) is 1.60. The van der Waals surface area contributed by atoms with Gasteiger partial charge in [0, 0.05) is 37.0 Å². The molecule has 5 nitrogen and oxygen atoms in total. The summed E-state index contributed by atoms with van der Waals surface area (Å²) in [6, 6.07) is 4.01. The minimum absolute atomic E-state index is 0.0897. The van der Waals surface area contributed by atoms with E-state index < -0.39 is 0 Å². The van der Waals surface area contributed by atoms with Gasteiger partial charge in [-0.1, -0.05) is 13.8 Å². The summed E-state index contributed by atoms with van der Waals surface area (Å²) >= 11 is 0. The van der Waals surface area contributed by atoms with E-state index in [1.807, 2.05) is 13.0 Å². The SMILES string of the molecule is CCOC1CC(Nc2ccnc(C(=O)NC)c2)C1(C)C. The molecule has 1 aliphatic rings. The molecule has 1 saturated carbocycles. The number of amides is 1. The Labute approximate surface area is 120 Å². The van der Waals surface area contributed by atoms with Crippen LogP contribution in [0.1, 0.15) is 37.7 Å². The molecule has 0 spiro atoms. The molecule has 1 aliphatic carbocycles. The molecule has 110 valence electrons. The third-order valence-electron chi connectivity index (χ3n) is 4.11. The highest BCUT2D eigenvalue weighted by atomic mass is 16.5. The van der Waals surface area contributed by atoms with Gasteiger partial charge in [-0.15, -0.1) is 0 Å². The summed E-state index contributed by atoms with van der Waals surface area (Å²) in [4.78, 5) is 15.6. The topological polar surface area (TPSA) is 63.2 Å². The van der Waals surface area contributed by atoms with E-state index >= 15 is 0 Å². The molecule has 5 heteroatoms. The Morgan fingerprint density at radius 1 is 1.55 bits per heavy atom. The van der Waals surface area contributed by atoms with Crippen molar-refractivity contribution in [1.29, 1.82) is 0 Å². The van der Waals surface area contributed by atoms with Crippen LogP contribution in [0.5, 0.6) is 0 Å². The van der Waals surface area contributed by atoms with E-state index in [0.29, 0.717) is 17.8 Å². The van der Waals surface area contributed by atoms with Crippen molar-refractivity contribution in [1.82, 2.24) is 10.3 Å². The third kappa shape index (κ3) is 2.77. The van der Waals surface area contributed by atoms with Crippen LogP contribution in [0.2, 0.25) is 0 Å². The Balaban J connectivity index is 2.03. The molecule has 2 unspecified atom stereocenters. The lowest BCUT2D eigenvalue weighted by Gasteiger charge is -2.52. The third-order valence-corrected chi connectivity index (χ3v) is 4.11. The zero-order valence-electron chi connectivity index (χ0n) is 12.6. The first kappa shape index (κ1) is 14.8. The van der Waals surface area contributed by atoms with Gasteiger partial charge in [0.05, 0.1) is 6.10 Å². The van der Waals surface area contributed by atoms with E-state index in [9.17, 15) is 4.79 Å². The van der Waals surface area contributed by atoms with Crippen LogP contribution in [0.4, 0.5) is 5.69 Å². The van der Waals surface area contributed by atoms with Crippen LogP contribution in [-0.2, 0) is 4.74 Å². The summed E-state index contributed by atoms with van der Waals surface area (Å²) in [5, 5.41) is 6.06. The van der Waals surface area contributed by atoms with Crippen molar-refractivity contribution in [2.75, 3.05) is 19.0 Å². The van der Waals surface area contributed by atoms with Gasteiger partial charge in [-0.05, 0) is 25.5 Å². The second kappa shape index (κ2) is 5.79. The fourth-order valence-corrected chi connectivity index (χ4v) is 2.59. The average Bonchev–Trinajstić information content (AvgIpc) is 2.45. The molecule has 0 bridgehead atoms. The Morgan fingerprint density at radius 2 is 2.30 bits per heavy atom. The lowest BCUT2D eigenvalue weighted by molar-refractivity contribution is -0.0975. The summed E-state index contributed by atoms with van der Waals surface area (Å²) < 4.78 is 5.72. The molecule has 1 fully saturated rings. The summed E-state index contributed by atoms with van der Waals surface area (Å²) in [5.74, 6) is -0.172. The highest BCUT2D eigenvalue weighted by molar-refractivity contribution is 5.92. The predicted molar refractivity (Wildman–Crippen MR) is 78.8 cm³/mol. The Morgan fingerprint density at radius 3 is 2.90 bits per heavy atom. The maximum atomic E-state index is 11.6. The minimum atomic E-state index is -0.172. The van der Waals surface area contributed by atoms with Gasteiger partial charge < -0.3 is 15.4 Å². The molecule has 0 aliphatic heterocycles. The molecule has 0 saturated heterocycles. The Kier molecular flexibility index (Phi) is 4.28. The average molecular weight is 277 g/mol. The molecule has 2 atom stereocenters. The minimum Gasteiger partial charge on any atom is -0.381 e. The zero-order chi connectivity index (χ0) is 14.8. The molecule has 0 aromatic carbocycles. The quantitative estimate of drug-likeness (QED) is 0.864. The van der Waals surface area contributed by atoms with Crippen molar-refractivity contribution in [2.24, 2.45) is 5.41 Å². The monoisotopic (exact) mass is 277 g/mol. The number of aromatic nitrogens is 1. The van der Waals surface area contributed by atoms with Gasteiger partial charge in [0.2, 0.25) is 0 Å². The largest absolute Gasteiger partial charge is 0.381 e. The fraction of sp³-hybridized carbons (Fsp3) is 0.600. The van der Waals surface area contributed by atoms with Crippen LogP contribution < -0.4 is 10.6 Å². The smallest absolute Gasteiger partial charge is 0.269 e. The van der Waals surface area contributed by atoms with E-state index in [1.165, 1.54) is 0 Å². The Hall–Kier alpha value is -1.62. The van der Waals surface area contributed by atoms with Gasteiger partial charge in [0.15, 0.2) is 0 Å². The number of carbonyl (C=O) groups excluding carboxylic acids is 1. The molecule has 2 N–H and O–H groups in total. The van der Waals surface area contributed by atoms with E-state index in [0.717, 1.165) is 18.7 Å². The van der Waals surface area contributed by atoms with Crippen LogP contribution >= 0.6 is 0 Å². The standard InChI is InChI=1S/C15H23N3O2/c1-5-20-13-9-12(15(13,2)3)18-10-6-7-17-11(8-10)14(19)16-4/h6-8,12-13H,5,9H2,1-4H3,(H,16,19)(H,17,18). The number of ether oxygens (including phenoxy) is 1. The Bertz CT molecular complexity index is 488. The number of hydrogen-bond donors (Lipinski definition) is 2. The molecule has 1 aromatic rings. The summed E-state index contributed by atoms with van der Waals surface area (Å²) in [5.41, 5.74) is 1.44. The highest BCUT2D eigenvalue weighted by Crippen LogP contribution is 2.44. The maximum Gasteiger partial charge on any atom is 0.269 e. The summed E-state index contributed by atoms with van der Waals surface area (Å²) in [6.45, 7) is 7.18. The number of pyridine rings is 1. The zero-order valence-corrected chi connectivity index (χ0v) is 12.6. The van der Waals surface area contributed by atoms with E-state index in [-0.39, 0.29) is 11.3 Å². The van der Waals surface area contributed by atoms with Crippen LogP contribution in [0.25, 0.3) is 0 Å². The number of anilines is 1. The van der Waals surface area contributed by atoms with E-state index in [2.05, 4.69) is 29.5 Å². The lowest BCUT2D eigenvalue weighted by Crippen LogP contribution is -2.58. The normalized spacial score (nSPS) is 23.8. The maximum absolute atomic E-state index is 11.6. The van der Waals surface area contributed by atoms with Gasteiger partial charge >= 0.3 is 0 Å². The molecule has 2 rings (SSSR count). The molecule has 0 radical (unpaired) electrons. The van der Waals surface area contributed by atoms with Gasteiger partial charge in [-0.3, -0.25) is 9.78 Å². The molecule has 1 amide bonds. The summed E-state index contributed by atoms with van der Waals surface area (Å²) in [6.07, 6.45) is 2.93. The van der Waals surface area contributed by atoms with Crippen molar-refractivity contribution < 1.29 is 9.53 Å². The van der Waals surface area contributed by atoms with Crippen LogP contribution in [0.3, 0.4) is 0 Å². The first-order valence-corrected chi connectivity index (χ1v) is 7.05. The lowest BCUT2D eigenvalue weighted by atomic mass is 9.64. The van der Waals surface area contributed by atoms with Crippen molar-refractivity contribution >= 4 is 11.6 Å². The van der Waals surface area contributed by atoms with Crippen LogP contribution in [-0.4, -0.2) is 36.7 Å². The molecule has 1 heterocycles. The fourth-order valence-electron chi connectivity index (χ4n) is 2.59. The molecular weight excluding hydrogens is 254 g/mol. The second-order valence-electron chi connectivity index (χ2n) is 5.71. The number of rotatable bonds is 5. The number of nitrogens with one attached hydrogen (secondary N) is 2. The number of nitrogens with zero attached hydrogens (tertiary/aromatic N) is 1. The number of carbonyl (C=O) groups is 1. The van der Waals surface area contributed by atoms with E-state index in [4.69, 9.17) is 4.74 Å². The van der Waals surface area contributed by atoms with Crippen LogP contribution in [0, 0.1) is 5.41 Å². The van der Waals surface area contributed by atoms with Crippen molar-refractivity contribution in [3.8, 4) is 0 Å². The molecule has 1 aromatic heterocycles. The first-order valence-electron chi connectivity index (χ1n) is 7.05. The highest BCUT2D eigenvalue weighted by Gasteiger charge is 2.48. The second-order valence-corrected chi connectivity index (χ2v) is 5.71. The number of hydrogen-bond acceptors (Lipinski definition) is 4. The van der Waals surface area contributed by atoms with Crippen LogP contribution in [0.15, 0.2) is 18.3 Å². The van der Waals surface area contributed by atoms with Crippen molar-refractivity contribution in [3.63, 3.8) is 0 Å². The van der Waals surface area contributed by atoms with Gasteiger partial charge in [0.1, 0.15) is 5.69 Å². The van der Waals surface area contributed by atoms with Gasteiger partial charge in [0.25, 0.3) is 5.91 Å². The van der Waals surface area contributed by atoms with Crippen molar-refractivity contribution in [3.05, 3.63) is 24.0 Å². The first-order chi connectivity index (χ1) is 9.48. The van der Waals surface area contributed by atoms with Gasteiger partial charge in [-0.25, -0.2) is 0 Å². The van der Waals surface area contributed by atoms with E-state index in [1.54, 1.807) is 19.3 Å².